The molecule has 2 N–H and O–H groups in total. The van der Waals surface area contributed by atoms with Crippen LogP contribution < -0.4 is 5.73 Å². The minimum atomic E-state index is -0.772. The molecule has 4 rings (SSSR count). The zero-order chi connectivity index (χ0) is 16.9. The smallest absolute Gasteiger partial charge is 0.243 e. The van der Waals surface area contributed by atoms with Gasteiger partial charge in [-0.1, -0.05) is 12.8 Å². The highest BCUT2D eigenvalue weighted by atomic mass is 16.5. The lowest BCUT2D eigenvalue weighted by Crippen LogP contribution is -2.65. The van der Waals surface area contributed by atoms with Gasteiger partial charge in [-0.15, -0.1) is 10.2 Å². The van der Waals surface area contributed by atoms with Crippen LogP contribution in [0.5, 0.6) is 0 Å². The summed E-state index contributed by atoms with van der Waals surface area (Å²) in [6.07, 6.45) is 6.29. The summed E-state index contributed by atoms with van der Waals surface area (Å²) in [5.41, 5.74) is 5.54. The number of hydrogen-bond acceptors (Lipinski definition) is 5. The number of carbonyl (C=O) groups is 1. The molecule has 24 heavy (non-hydrogen) atoms. The van der Waals surface area contributed by atoms with E-state index in [1.807, 2.05) is 11.8 Å². The first-order valence-corrected chi connectivity index (χ1v) is 9.09. The van der Waals surface area contributed by atoms with Crippen LogP contribution in [0.1, 0.15) is 69.1 Å². The third-order valence-corrected chi connectivity index (χ3v) is 6.14. The van der Waals surface area contributed by atoms with Crippen LogP contribution >= 0.6 is 0 Å². The fourth-order valence-corrected chi connectivity index (χ4v) is 4.55. The van der Waals surface area contributed by atoms with Gasteiger partial charge in [0.1, 0.15) is 11.4 Å². The number of carbonyl (C=O) groups excluding carboxylic acids is 1. The lowest BCUT2D eigenvalue weighted by Gasteiger charge is -2.47. The van der Waals surface area contributed by atoms with Gasteiger partial charge in [-0.3, -0.25) is 4.79 Å². The monoisotopic (exact) mass is 333 g/mol. The number of nitrogens with two attached hydrogens (primary N) is 1. The molecule has 0 radical (unpaired) electrons. The normalized spacial score (nSPS) is 33.4. The third-order valence-electron chi connectivity index (χ3n) is 6.14. The Kier molecular flexibility index (Phi) is 3.88. The van der Waals surface area contributed by atoms with E-state index in [1.54, 1.807) is 7.11 Å². The maximum Gasteiger partial charge on any atom is 0.243 e. The first kappa shape index (κ1) is 16.0. The fourth-order valence-electron chi connectivity index (χ4n) is 4.55. The maximum atomic E-state index is 12.9. The molecular weight excluding hydrogens is 306 g/mol. The van der Waals surface area contributed by atoms with Crippen molar-refractivity contribution in [1.29, 1.82) is 0 Å². The summed E-state index contributed by atoms with van der Waals surface area (Å²) < 4.78 is 7.53. The molecule has 1 aromatic rings. The second-order valence-electron chi connectivity index (χ2n) is 7.65. The molecule has 1 atom stereocenters. The SMILES string of the molecule is COC1CC(N)(C(=O)N2CCn3c(C4CCCC4)nnc3C2C)C1. The average molecular weight is 333 g/mol. The van der Waals surface area contributed by atoms with Gasteiger partial charge >= 0.3 is 0 Å². The summed E-state index contributed by atoms with van der Waals surface area (Å²) >= 11 is 0. The molecule has 0 bridgehead atoms. The minimum absolute atomic E-state index is 0.0277. The zero-order valence-electron chi connectivity index (χ0n) is 14.6. The van der Waals surface area contributed by atoms with Crippen LogP contribution in [0.4, 0.5) is 0 Å². The van der Waals surface area contributed by atoms with E-state index in [0.29, 0.717) is 25.3 Å². The molecule has 1 amide bonds. The summed E-state index contributed by atoms with van der Waals surface area (Å²) in [6, 6.07) is -0.0732. The largest absolute Gasteiger partial charge is 0.381 e. The molecule has 1 unspecified atom stereocenters. The molecular formula is C17H27N5O2. The summed E-state index contributed by atoms with van der Waals surface area (Å²) in [7, 11) is 1.67. The summed E-state index contributed by atoms with van der Waals surface area (Å²) in [5, 5.41) is 8.89. The standard InChI is InChI=1S/C17H27N5O2/c1-11-14-19-20-15(12-5-3-4-6-12)22(14)8-7-21(11)16(23)17(18)9-13(10-17)24-2/h11-13H,3-10,18H2,1-2H3. The molecule has 2 saturated carbocycles. The van der Waals surface area contributed by atoms with Gasteiger partial charge in [-0.25, -0.2) is 0 Å². The van der Waals surface area contributed by atoms with Gasteiger partial charge in [0.2, 0.25) is 5.91 Å². The van der Waals surface area contributed by atoms with Crippen LogP contribution in [-0.4, -0.2) is 50.9 Å². The van der Waals surface area contributed by atoms with E-state index in [1.165, 1.54) is 25.7 Å². The van der Waals surface area contributed by atoms with Gasteiger partial charge in [-0.2, -0.15) is 0 Å². The Bertz CT molecular complexity index is 631. The number of methoxy groups -OCH3 is 1. The van der Waals surface area contributed by atoms with Crippen molar-refractivity contribution in [2.45, 2.75) is 75.6 Å². The highest BCUT2D eigenvalue weighted by Gasteiger charge is 2.50. The second kappa shape index (κ2) is 5.81. The molecule has 7 nitrogen and oxygen atoms in total. The molecule has 132 valence electrons. The fraction of sp³-hybridized carbons (Fsp3) is 0.824. The predicted octanol–water partition coefficient (Wildman–Crippen LogP) is 1.35. The molecule has 2 aliphatic carbocycles. The van der Waals surface area contributed by atoms with E-state index < -0.39 is 5.54 Å². The van der Waals surface area contributed by atoms with Crippen molar-refractivity contribution in [1.82, 2.24) is 19.7 Å². The highest BCUT2D eigenvalue weighted by molar-refractivity contribution is 5.87. The molecule has 0 spiro atoms. The predicted molar refractivity (Wildman–Crippen MR) is 88.3 cm³/mol. The molecule has 0 saturated heterocycles. The van der Waals surface area contributed by atoms with Gasteiger partial charge < -0.3 is 19.9 Å². The van der Waals surface area contributed by atoms with Crippen molar-refractivity contribution in [2.75, 3.05) is 13.7 Å². The quantitative estimate of drug-likeness (QED) is 0.902. The van der Waals surface area contributed by atoms with Crippen molar-refractivity contribution < 1.29 is 9.53 Å². The van der Waals surface area contributed by atoms with E-state index >= 15 is 0 Å². The molecule has 2 fully saturated rings. The van der Waals surface area contributed by atoms with Crippen LogP contribution in [0.25, 0.3) is 0 Å². The van der Waals surface area contributed by atoms with Gasteiger partial charge in [-0.05, 0) is 19.8 Å². The summed E-state index contributed by atoms with van der Waals surface area (Å²) in [6.45, 7) is 3.49. The Morgan fingerprint density at radius 3 is 2.54 bits per heavy atom. The number of hydrogen-bond donors (Lipinski definition) is 1. The van der Waals surface area contributed by atoms with Gasteiger partial charge in [0.05, 0.1) is 12.1 Å². The Labute approximate surface area is 142 Å². The van der Waals surface area contributed by atoms with Crippen molar-refractivity contribution >= 4 is 5.91 Å². The molecule has 1 aliphatic heterocycles. The summed E-state index contributed by atoms with van der Waals surface area (Å²) in [5.74, 6) is 2.59. The maximum absolute atomic E-state index is 12.9. The lowest BCUT2D eigenvalue weighted by atomic mass is 9.73. The summed E-state index contributed by atoms with van der Waals surface area (Å²) in [4.78, 5) is 14.8. The van der Waals surface area contributed by atoms with Crippen LogP contribution in [0, 0.1) is 0 Å². The molecule has 2 heterocycles. The first-order chi connectivity index (χ1) is 11.5. The minimum Gasteiger partial charge on any atom is -0.381 e. The number of fused-ring (bicyclic) bond motifs is 1. The van der Waals surface area contributed by atoms with E-state index in [0.717, 1.165) is 18.2 Å². The van der Waals surface area contributed by atoms with Crippen molar-refractivity contribution in [3.8, 4) is 0 Å². The Morgan fingerprint density at radius 1 is 1.21 bits per heavy atom. The van der Waals surface area contributed by atoms with Crippen molar-refractivity contribution in [2.24, 2.45) is 5.73 Å². The van der Waals surface area contributed by atoms with E-state index in [2.05, 4.69) is 14.8 Å². The van der Waals surface area contributed by atoms with Crippen LogP contribution in [-0.2, 0) is 16.1 Å². The highest BCUT2D eigenvalue weighted by Crippen LogP contribution is 2.38. The van der Waals surface area contributed by atoms with E-state index in [9.17, 15) is 4.79 Å². The Hall–Kier alpha value is -1.47. The second-order valence-corrected chi connectivity index (χ2v) is 7.65. The number of ether oxygens (including phenoxy) is 1. The molecule has 0 aromatic carbocycles. The van der Waals surface area contributed by atoms with Crippen LogP contribution in [0.3, 0.4) is 0 Å². The average Bonchev–Trinajstić information content (AvgIpc) is 3.20. The zero-order valence-corrected chi connectivity index (χ0v) is 14.6. The Morgan fingerprint density at radius 2 is 1.88 bits per heavy atom. The number of rotatable bonds is 3. The molecule has 3 aliphatic rings. The number of aromatic nitrogens is 3. The first-order valence-electron chi connectivity index (χ1n) is 9.09. The molecule has 7 heteroatoms. The van der Waals surface area contributed by atoms with Gasteiger partial charge in [0, 0.05) is 39.0 Å². The van der Waals surface area contributed by atoms with Crippen LogP contribution in [0.15, 0.2) is 0 Å². The third kappa shape index (κ3) is 2.37. The number of nitrogens with zero attached hydrogens (tertiary/aromatic N) is 4. The number of amides is 1. The molecule has 1 aromatic heterocycles. The van der Waals surface area contributed by atoms with Crippen molar-refractivity contribution in [3.63, 3.8) is 0 Å². The topological polar surface area (TPSA) is 86.3 Å². The van der Waals surface area contributed by atoms with Crippen molar-refractivity contribution in [3.05, 3.63) is 11.6 Å². The lowest BCUT2D eigenvalue weighted by molar-refractivity contribution is -0.149. The Balaban J connectivity index is 1.52. The van der Waals surface area contributed by atoms with Crippen LogP contribution in [0.2, 0.25) is 0 Å². The van der Waals surface area contributed by atoms with Gasteiger partial charge in [0.25, 0.3) is 0 Å². The van der Waals surface area contributed by atoms with E-state index in [-0.39, 0.29) is 18.1 Å². The van der Waals surface area contributed by atoms with E-state index in [4.69, 9.17) is 10.5 Å². The van der Waals surface area contributed by atoms with Gasteiger partial charge in [0.15, 0.2) is 5.82 Å².